The lowest BCUT2D eigenvalue weighted by Crippen LogP contribution is -2.30. The Bertz CT molecular complexity index is 377. The number of rotatable bonds is 6. The minimum Gasteiger partial charge on any atom is -0.372 e. The van der Waals surface area contributed by atoms with Crippen LogP contribution in [-0.4, -0.2) is 20.1 Å². The fourth-order valence-corrected chi connectivity index (χ4v) is 2.69. The number of benzene rings is 1. The van der Waals surface area contributed by atoms with Gasteiger partial charge in [-0.1, -0.05) is 35.8 Å². The van der Waals surface area contributed by atoms with Crippen molar-refractivity contribution in [3.63, 3.8) is 0 Å². The van der Waals surface area contributed by atoms with Gasteiger partial charge in [0.2, 0.25) is 0 Å². The summed E-state index contributed by atoms with van der Waals surface area (Å²) in [5.41, 5.74) is 2.57. The van der Waals surface area contributed by atoms with Crippen molar-refractivity contribution in [3.8, 4) is 0 Å². The van der Waals surface area contributed by atoms with Gasteiger partial charge in [0.25, 0.3) is 0 Å². The summed E-state index contributed by atoms with van der Waals surface area (Å²) in [6.07, 6.45) is 1.21. The largest absolute Gasteiger partial charge is 0.372 e. The topological polar surface area (TPSA) is 15.3 Å². The van der Waals surface area contributed by atoms with Gasteiger partial charge in [-0.25, -0.2) is 0 Å². The molecule has 1 N–H and O–H groups in total. The Labute approximate surface area is 120 Å². The zero-order chi connectivity index (χ0) is 13.7. The van der Waals surface area contributed by atoms with E-state index in [4.69, 9.17) is 0 Å². The maximum atomic E-state index is 3.65. The third kappa shape index (κ3) is 4.29. The average Bonchev–Trinajstić information content (AvgIpc) is 2.30. The van der Waals surface area contributed by atoms with Crippen molar-refractivity contribution in [2.24, 2.45) is 5.92 Å². The number of anilines is 1. The molecule has 0 heterocycles. The molecule has 18 heavy (non-hydrogen) atoms. The van der Waals surface area contributed by atoms with E-state index in [0.717, 1.165) is 12.5 Å². The molecule has 102 valence electrons. The molecule has 1 aromatic rings. The van der Waals surface area contributed by atoms with Crippen molar-refractivity contribution in [1.29, 1.82) is 0 Å². The highest BCUT2D eigenvalue weighted by molar-refractivity contribution is 9.10. The van der Waals surface area contributed by atoms with Crippen LogP contribution in [-0.2, 0) is 6.54 Å². The summed E-state index contributed by atoms with van der Waals surface area (Å²) in [6.45, 7) is 7.73. The van der Waals surface area contributed by atoms with Crippen molar-refractivity contribution in [3.05, 3.63) is 28.2 Å². The molecule has 0 aliphatic rings. The fraction of sp³-hybridized carbons (Fsp3) is 0.600. The summed E-state index contributed by atoms with van der Waals surface area (Å²) in [5, 5.41) is 3.18. The third-order valence-corrected chi connectivity index (χ3v) is 4.02. The first kappa shape index (κ1) is 15.5. The minimum absolute atomic E-state index is 0.562. The van der Waals surface area contributed by atoms with Crippen LogP contribution in [0.15, 0.2) is 22.7 Å². The normalized spacial score (nSPS) is 12.8. The Balaban J connectivity index is 2.80. The van der Waals surface area contributed by atoms with Crippen molar-refractivity contribution >= 4 is 21.6 Å². The summed E-state index contributed by atoms with van der Waals surface area (Å²) >= 11 is 3.65. The highest BCUT2D eigenvalue weighted by Gasteiger charge is 2.12. The smallest absolute Gasteiger partial charge is 0.0377 e. The van der Waals surface area contributed by atoms with Crippen LogP contribution in [0, 0.1) is 5.92 Å². The maximum Gasteiger partial charge on any atom is 0.0377 e. The Hall–Kier alpha value is -0.540. The van der Waals surface area contributed by atoms with Crippen molar-refractivity contribution in [2.75, 3.05) is 19.0 Å². The molecule has 0 radical (unpaired) electrons. The summed E-state index contributed by atoms with van der Waals surface area (Å²) in [4.78, 5) is 2.36. The zero-order valence-electron chi connectivity index (χ0n) is 12.1. The van der Waals surface area contributed by atoms with E-state index in [0.29, 0.717) is 6.04 Å². The van der Waals surface area contributed by atoms with Gasteiger partial charge in [0, 0.05) is 29.8 Å². The van der Waals surface area contributed by atoms with E-state index in [2.05, 4.69) is 72.2 Å². The highest BCUT2D eigenvalue weighted by atomic mass is 79.9. The third-order valence-electron chi connectivity index (χ3n) is 3.28. The fourth-order valence-electron chi connectivity index (χ4n) is 2.18. The molecule has 1 unspecified atom stereocenters. The molecule has 0 aliphatic carbocycles. The Morgan fingerprint density at radius 1 is 1.28 bits per heavy atom. The standard InChI is InChI=1S/C15H25BrN2/c1-11(2)8-12(3)18(5)14-7-6-13(10-17-4)15(16)9-14/h6-7,9,11-12,17H,8,10H2,1-5H3. The second-order valence-corrected chi connectivity index (χ2v) is 6.25. The molecule has 1 atom stereocenters. The minimum atomic E-state index is 0.562. The van der Waals surface area contributed by atoms with Crippen LogP contribution in [0.25, 0.3) is 0 Å². The van der Waals surface area contributed by atoms with E-state index < -0.39 is 0 Å². The van der Waals surface area contributed by atoms with Gasteiger partial charge in [-0.15, -0.1) is 0 Å². The Morgan fingerprint density at radius 3 is 2.44 bits per heavy atom. The molecular weight excluding hydrogens is 288 g/mol. The van der Waals surface area contributed by atoms with E-state index in [1.807, 2.05) is 7.05 Å². The number of hydrogen-bond acceptors (Lipinski definition) is 2. The van der Waals surface area contributed by atoms with Crippen molar-refractivity contribution in [1.82, 2.24) is 5.32 Å². The first-order valence-electron chi connectivity index (χ1n) is 6.61. The Morgan fingerprint density at radius 2 is 1.94 bits per heavy atom. The van der Waals surface area contributed by atoms with Gasteiger partial charge in [0.1, 0.15) is 0 Å². The zero-order valence-corrected chi connectivity index (χ0v) is 13.7. The molecule has 3 heteroatoms. The summed E-state index contributed by atoms with van der Waals surface area (Å²) in [6, 6.07) is 7.17. The van der Waals surface area contributed by atoms with Gasteiger partial charge in [0.15, 0.2) is 0 Å². The average molecular weight is 313 g/mol. The predicted molar refractivity (Wildman–Crippen MR) is 84.2 cm³/mol. The molecule has 0 aliphatic heterocycles. The van der Waals surface area contributed by atoms with Gasteiger partial charge < -0.3 is 10.2 Å². The second kappa shape index (κ2) is 7.15. The highest BCUT2D eigenvalue weighted by Crippen LogP contribution is 2.25. The van der Waals surface area contributed by atoms with E-state index in [9.17, 15) is 0 Å². The summed E-state index contributed by atoms with van der Waals surface area (Å²) in [5.74, 6) is 0.731. The molecule has 2 nitrogen and oxygen atoms in total. The molecule has 1 rings (SSSR count). The van der Waals surface area contributed by atoms with Crippen LogP contribution in [0.5, 0.6) is 0 Å². The van der Waals surface area contributed by atoms with E-state index in [-0.39, 0.29) is 0 Å². The molecule has 0 saturated heterocycles. The number of hydrogen-bond donors (Lipinski definition) is 1. The lowest BCUT2D eigenvalue weighted by Gasteiger charge is -2.28. The van der Waals surface area contributed by atoms with Crippen LogP contribution < -0.4 is 10.2 Å². The summed E-state index contributed by atoms with van der Waals surface area (Å²) < 4.78 is 1.18. The number of nitrogens with zero attached hydrogens (tertiary/aromatic N) is 1. The lowest BCUT2D eigenvalue weighted by atomic mass is 10.0. The molecule has 0 bridgehead atoms. The quantitative estimate of drug-likeness (QED) is 0.853. The van der Waals surface area contributed by atoms with Crippen LogP contribution in [0.1, 0.15) is 32.8 Å². The van der Waals surface area contributed by atoms with Gasteiger partial charge >= 0.3 is 0 Å². The van der Waals surface area contributed by atoms with Gasteiger partial charge in [-0.2, -0.15) is 0 Å². The summed E-state index contributed by atoms with van der Waals surface area (Å²) in [7, 11) is 4.14. The van der Waals surface area contributed by atoms with Crippen molar-refractivity contribution < 1.29 is 0 Å². The van der Waals surface area contributed by atoms with Gasteiger partial charge in [-0.05, 0) is 44.0 Å². The van der Waals surface area contributed by atoms with Crippen LogP contribution in [0.4, 0.5) is 5.69 Å². The molecule has 1 aromatic carbocycles. The molecule has 0 spiro atoms. The van der Waals surface area contributed by atoms with E-state index in [1.165, 1.54) is 22.1 Å². The first-order chi connectivity index (χ1) is 8.45. The molecule has 0 saturated carbocycles. The maximum absolute atomic E-state index is 3.65. The van der Waals surface area contributed by atoms with E-state index in [1.54, 1.807) is 0 Å². The lowest BCUT2D eigenvalue weighted by molar-refractivity contribution is 0.504. The SMILES string of the molecule is CNCc1ccc(N(C)C(C)CC(C)C)cc1Br. The predicted octanol–water partition coefficient (Wildman–Crippen LogP) is 4.04. The number of halogens is 1. The van der Waals surface area contributed by atoms with Crippen molar-refractivity contribution in [2.45, 2.75) is 39.8 Å². The second-order valence-electron chi connectivity index (χ2n) is 5.40. The van der Waals surface area contributed by atoms with Gasteiger partial charge in [0.05, 0.1) is 0 Å². The van der Waals surface area contributed by atoms with Gasteiger partial charge in [-0.3, -0.25) is 0 Å². The van der Waals surface area contributed by atoms with Crippen LogP contribution >= 0.6 is 15.9 Å². The molecular formula is C15H25BrN2. The molecule has 0 fully saturated rings. The first-order valence-corrected chi connectivity index (χ1v) is 7.40. The van der Waals surface area contributed by atoms with Crippen LogP contribution in [0.2, 0.25) is 0 Å². The number of nitrogens with one attached hydrogen (secondary N) is 1. The monoisotopic (exact) mass is 312 g/mol. The Kier molecular flexibility index (Phi) is 6.16. The molecule has 0 aromatic heterocycles. The van der Waals surface area contributed by atoms with E-state index >= 15 is 0 Å². The molecule has 0 amide bonds. The van der Waals surface area contributed by atoms with Crippen LogP contribution in [0.3, 0.4) is 0 Å².